The number of esters is 1. The van der Waals surface area contributed by atoms with Crippen molar-refractivity contribution < 1.29 is 28.5 Å². The molecule has 0 aliphatic rings. The molecule has 0 spiro atoms. The van der Waals surface area contributed by atoms with E-state index < -0.39 is 17.7 Å². The zero-order chi connectivity index (χ0) is 23.9. The van der Waals surface area contributed by atoms with Crippen molar-refractivity contribution in [3.63, 3.8) is 0 Å². The van der Waals surface area contributed by atoms with Crippen molar-refractivity contribution >= 4 is 11.8 Å². The fourth-order valence-electron chi connectivity index (χ4n) is 3.84. The molecule has 6 nitrogen and oxygen atoms in total. The molecule has 2 atom stereocenters. The highest BCUT2D eigenvalue weighted by atomic mass is 16.5. The summed E-state index contributed by atoms with van der Waals surface area (Å²) in [4.78, 5) is 26.9. The second-order valence-corrected chi connectivity index (χ2v) is 9.11. The summed E-state index contributed by atoms with van der Waals surface area (Å²) in [6, 6.07) is 12.1. The van der Waals surface area contributed by atoms with Crippen LogP contribution in [0.25, 0.3) is 0 Å². The average Bonchev–Trinajstić information content (AvgIpc) is 2.76. The van der Waals surface area contributed by atoms with Crippen molar-refractivity contribution in [2.75, 3.05) is 27.9 Å². The van der Waals surface area contributed by atoms with Gasteiger partial charge in [0.15, 0.2) is 5.78 Å². The lowest BCUT2D eigenvalue weighted by atomic mass is 9.86. The van der Waals surface area contributed by atoms with E-state index in [2.05, 4.69) is 20.8 Å². The third-order valence-electron chi connectivity index (χ3n) is 5.06. The van der Waals surface area contributed by atoms with Crippen LogP contribution in [0.1, 0.15) is 56.0 Å². The summed E-state index contributed by atoms with van der Waals surface area (Å²) in [6.45, 7) is 8.70. The molecule has 0 N–H and O–H groups in total. The number of rotatable bonds is 10. The summed E-state index contributed by atoms with van der Waals surface area (Å²) < 4.78 is 21.8. The van der Waals surface area contributed by atoms with Gasteiger partial charge in [-0.05, 0) is 23.3 Å². The normalized spacial score (nSPS) is 13.1. The number of methoxy groups -OCH3 is 3. The molecule has 174 valence electrons. The minimum absolute atomic E-state index is 0.115. The van der Waals surface area contributed by atoms with E-state index in [0.717, 1.165) is 6.42 Å². The maximum Gasteiger partial charge on any atom is 0.321 e. The van der Waals surface area contributed by atoms with Crippen LogP contribution >= 0.6 is 0 Å². The molecular formula is C26H34O6. The maximum atomic E-state index is 13.7. The maximum absolute atomic E-state index is 13.7. The first kappa shape index (κ1) is 25.2. The molecule has 0 fully saturated rings. The molecule has 6 heteroatoms. The second kappa shape index (κ2) is 11.0. The minimum Gasteiger partial charge on any atom is -0.496 e. The van der Waals surface area contributed by atoms with Gasteiger partial charge in [-0.25, -0.2) is 0 Å². The largest absolute Gasteiger partial charge is 0.496 e. The number of benzene rings is 2. The first-order valence-corrected chi connectivity index (χ1v) is 10.7. The highest BCUT2D eigenvalue weighted by Crippen LogP contribution is 2.38. The number of hydrogen-bond donors (Lipinski definition) is 0. The van der Waals surface area contributed by atoms with E-state index in [1.54, 1.807) is 36.4 Å². The van der Waals surface area contributed by atoms with Gasteiger partial charge in [0.25, 0.3) is 0 Å². The van der Waals surface area contributed by atoms with Gasteiger partial charge in [-0.1, -0.05) is 58.0 Å². The van der Waals surface area contributed by atoms with Crippen molar-refractivity contribution in [3.8, 4) is 17.2 Å². The summed E-state index contributed by atoms with van der Waals surface area (Å²) in [5.41, 5.74) is 0.833. The molecule has 2 aromatic carbocycles. The molecule has 2 aromatic rings. The Bertz CT molecular complexity index is 889. The molecule has 0 aliphatic carbocycles. The first-order valence-electron chi connectivity index (χ1n) is 10.7. The number of carbonyl (C=O) groups excluding carboxylic acids is 2. The number of ether oxygens (including phenoxy) is 4. The molecule has 0 amide bonds. The minimum atomic E-state index is -1.14. The fourth-order valence-corrected chi connectivity index (χ4v) is 3.84. The van der Waals surface area contributed by atoms with Crippen molar-refractivity contribution in [1.82, 2.24) is 0 Å². The van der Waals surface area contributed by atoms with Crippen LogP contribution in [-0.4, -0.2) is 39.7 Å². The lowest BCUT2D eigenvalue weighted by molar-refractivity contribution is -0.145. The zero-order valence-corrected chi connectivity index (χ0v) is 20.1. The third kappa shape index (κ3) is 6.49. The Morgan fingerprint density at radius 2 is 1.47 bits per heavy atom. The van der Waals surface area contributed by atoms with Crippen LogP contribution in [0.15, 0.2) is 42.5 Å². The van der Waals surface area contributed by atoms with Crippen molar-refractivity contribution in [2.24, 2.45) is 11.3 Å². The molecule has 0 aliphatic heterocycles. The standard InChI is InChI=1S/C26H34O6/c1-17(15-26(2,3)4)16-32-25(28)22(18-11-9-8-10-12-18)24(27)23-20(30-6)13-19(29-5)14-21(23)31-7/h8-14,17,22H,15-16H2,1-7H3. The number of Topliss-reactive ketones (excluding diaryl/α,β-unsaturated/α-hetero) is 1. The van der Waals surface area contributed by atoms with Gasteiger partial charge in [-0.2, -0.15) is 0 Å². The third-order valence-corrected chi connectivity index (χ3v) is 5.06. The molecule has 0 bridgehead atoms. The molecule has 32 heavy (non-hydrogen) atoms. The highest BCUT2D eigenvalue weighted by Gasteiger charge is 2.35. The lowest BCUT2D eigenvalue weighted by Gasteiger charge is -2.24. The van der Waals surface area contributed by atoms with E-state index in [1.165, 1.54) is 21.3 Å². The molecule has 0 radical (unpaired) electrons. The second-order valence-electron chi connectivity index (χ2n) is 9.11. The van der Waals surface area contributed by atoms with Gasteiger partial charge < -0.3 is 18.9 Å². The molecule has 0 saturated carbocycles. The molecule has 2 unspecified atom stereocenters. The molecule has 0 heterocycles. The Hall–Kier alpha value is -3.02. The Morgan fingerprint density at radius 3 is 1.94 bits per heavy atom. The first-order chi connectivity index (χ1) is 15.1. The van der Waals surface area contributed by atoms with Crippen molar-refractivity contribution in [3.05, 3.63) is 53.6 Å². The van der Waals surface area contributed by atoms with Crippen LogP contribution in [-0.2, 0) is 9.53 Å². The summed E-state index contributed by atoms with van der Waals surface area (Å²) in [5.74, 6) is -1.03. The van der Waals surface area contributed by atoms with Crippen LogP contribution < -0.4 is 14.2 Å². The number of hydrogen-bond acceptors (Lipinski definition) is 6. The highest BCUT2D eigenvalue weighted by molar-refractivity contribution is 6.15. The van der Waals surface area contributed by atoms with Gasteiger partial charge >= 0.3 is 5.97 Å². The van der Waals surface area contributed by atoms with Gasteiger partial charge in [0.1, 0.15) is 28.7 Å². The molecular weight excluding hydrogens is 408 g/mol. The monoisotopic (exact) mass is 442 g/mol. The van der Waals surface area contributed by atoms with Gasteiger partial charge in [-0.3, -0.25) is 9.59 Å². The Kier molecular flexibility index (Phi) is 8.70. The van der Waals surface area contributed by atoms with Crippen LogP contribution in [0, 0.1) is 11.3 Å². The molecule has 2 rings (SSSR count). The van der Waals surface area contributed by atoms with E-state index in [9.17, 15) is 9.59 Å². The van der Waals surface area contributed by atoms with Crippen LogP contribution in [0.3, 0.4) is 0 Å². The van der Waals surface area contributed by atoms with Crippen LogP contribution in [0.2, 0.25) is 0 Å². The summed E-state index contributed by atoms with van der Waals surface area (Å²) in [7, 11) is 4.42. The van der Waals surface area contributed by atoms with E-state index >= 15 is 0 Å². The van der Waals surface area contributed by atoms with Crippen molar-refractivity contribution in [2.45, 2.75) is 40.0 Å². The van der Waals surface area contributed by atoms with Gasteiger partial charge in [0.05, 0.1) is 27.9 Å². The zero-order valence-electron chi connectivity index (χ0n) is 20.1. The van der Waals surface area contributed by atoms with E-state index in [4.69, 9.17) is 18.9 Å². The van der Waals surface area contributed by atoms with Crippen LogP contribution in [0.5, 0.6) is 17.2 Å². The average molecular weight is 443 g/mol. The van der Waals surface area contributed by atoms with E-state index in [0.29, 0.717) is 11.3 Å². The van der Waals surface area contributed by atoms with E-state index in [1.807, 2.05) is 13.0 Å². The summed E-state index contributed by atoms with van der Waals surface area (Å²) in [5, 5.41) is 0. The van der Waals surface area contributed by atoms with Gasteiger partial charge in [0.2, 0.25) is 0 Å². The predicted octanol–water partition coefficient (Wildman–Crippen LogP) is 5.29. The topological polar surface area (TPSA) is 71.1 Å². The molecule has 0 saturated heterocycles. The SMILES string of the molecule is COc1cc(OC)c(C(=O)C(C(=O)OCC(C)CC(C)(C)C)c2ccccc2)c(OC)c1. The summed E-state index contributed by atoms with van der Waals surface area (Å²) in [6.07, 6.45) is 0.893. The van der Waals surface area contributed by atoms with Gasteiger partial charge in [-0.15, -0.1) is 0 Å². The number of ketones is 1. The smallest absolute Gasteiger partial charge is 0.321 e. The Balaban J connectivity index is 2.42. The molecule has 0 aromatic heterocycles. The quantitative estimate of drug-likeness (QED) is 0.283. The van der Waals surface area contributed by atoms with E-state index in [-0.39, 0.29) is 35.0 Å². The van der Waals surface area contributed by atoms with Crippen LogP contribution in [0.4, 0.5) is 0 Å². The van der Waals surface area contributed by atoms with Gasteiger partial charge in [0, 0.05) is 12.1 Å². The summed E-state index contributed by atoms with van der Waals surface area (Å²) >= 11 is 0. The fraction of sp³-hybridized carbons (Fsp3) is 0.462. The lowest BCUT2D eigenvalue weighted by Crippen LogP contribution is -2.27. The predicted molar refractivity (Wildman–Crippen MR) is 124 cm³/mol. The number of carbonyl (C=O) groups is 2. The Labute approximate surface area is 190 Å². The Morgan fingerprint density at radius 1 is 0.906 bits per heavy atom. The van der Waals surface area contributed by atoms with Crippen molar-refractivity contribution in [1.29, 1.82) is 0 Å².